The fourth-order valence-electron chi connectivity index (χ4n) is 5.32. The van der Waals surface area contributed by atoms with Crippen LogP contribution >= 0.6 is 0 Å². The van der Waals surface area contributed by atoms with E-state index in [1.165, 1.54) is 0 Å². The number of hydrogen-bond donors (Lipinski definition) is 2. The average Bonchev–Trinajstić information content (AvgIpc) is 3.09. The van der Waals surface area contributed by atoms with Gasteiger partial charge in [-0.3, -0.25) is 4.79 Å². The van der Waals surface area contributed by atoms with E-state index in [1.54, 1.807) is 11.0 Å². The number of para-hydroxylation sites is 1. The van der Waals surface area contributed by atoms with Crippen LogP contribution in [0.2, 0.25) is 0 Å². The number of benzene rings is 1. The van der Waals surface area contributed by atoms with Gasteiger partial charge in [-0.2, -0.15) is 0 Å². The Balaban J connectivity index is 1.40. The van der Waals surface area contributed by atoms with E-state index in [0.29, 0.717) is 37.8 Å². The van der Waals surface area contributed by atoms with Crippen LogP contribution in [0.15, 0.2) is 24.3 Å². The van der Waals surface area contributed by atoms with E-state index in [2.05, 4.69) is 5.32 Å². The summed E-state index contributed by atoms with van der Waals surface area (Å²) in [5.74, 6) is 0.518. The monoisotopic (exact) mass is 460 g/mol. The van der Waals surface area contributed by atoms with Gasteiger partial charge in [-0.15, -0.1) is 0 Å². The largest absolute Gasteiger partial charge is 0.508 e. The molecule has 3 fully saturated rings. The van der Waals surface area contributed by atoms with Crippen LogP contribution in [0.25, 0.3) is 0 Å². The maximum Gasteiger partial charge on any atom is 0.410 e. The number of carbonyl (C=O) groups excluding carboxylic acids is 2. The lowest BCUT2D eigenvalue weighted by Crippen LogP contribution is -2.65. The van der Waals surface area contributed by atoms with E-state index in [9.17, 15) is 14.7 Å². The molecule has 8 nitrogen and oxygen atoms in total. The summed E-state index contributed by atoms with van der Waals surface area (Å²) in [6.07, 6.45) is 3.93. The number of nitrogens with zero attached hydrogens (tertiary/aromatic N) is 1. The molecule has 4 rings (SSSR count). The molecule has 2 aliphatic heterocycles. The summed E-state index contributed by atoms with van der Waals surface area (Å²) in [6.45, 7) is 6.72. The van der Waals surface area contributed by atoms with Gasteiger partial charge in [0.1, 0.15) is 18.0 Å². The highest BCUT2D eigenvalue weighted by Gasteiger charge is 2.53. The van der Waals surface area contributed by atoms with Crippen LogP contribution in [-0.4, -0.2) is 71.7 Å². The molecule has 0 bridgehead atoms. The number of hydrogen-bond acceptors (Lipinski definition) is 6. The summed E-state index contributed by atoms with van der Waals surface area (Å²) in [5.41, 5.74) is -0.255. The first-order valence-electron chi connectivity index (χ1n) is 11.9. The molecular formula is C25H36N2O6. The second-order valence-electron chi connectivity index (χ2n) is 10.5. The zero-order valence-electron chi connectivity index (χ0n) is 19.8. The van der Waals surface area contributed by atoms with E-state index < -0.39 is 17.2 Å². The molecule has 8 heteroatoms. The van der Waals surface area contributed by atoms with E-state index in [-0.39, 0.29) is 24.7 Å². The summed E-state index contributed by atoms with van der Waals surface area (Å²) in [6, 6.07) is 7.18. The van der Waals surface area contributed by atoms with Crippen LogP contribution in [0.3, 0.4) is 0 Å². The first-order valence-corrected chi connectivity index (χ1v) is 11.9. The number of morpholine rings is 1. The summed E-state index contributed by atoms with van der Waals surface area (Å²) in [7, 11) is 0. The predicted octanol–water partition coefficient (Wildman–Crippen LogP) is 3.33. The van der Waals surface area contributed by atoms with E-state index in [4.69, 9.17) is 14.2 Å². The summed E-state index contributed by atoms with van der Waals surface area (Å²) < 4.78 is 17.5. The van der Waals surface area contributed by atoms with Crippen molar-refractivity contribution in [2.75, 3.05) is 26.4 Å². The lowest BCUT2D eigenvalue weighted by molar-refractivity contribution is -0.137. The predicted molar refractivity (Wildman–Crippen MR) is 122 cm³/mol. The first kappa shape index (κ1) is 23.8. The van der Waals surface area contributed by atoms with Crippen LogP contribution < -0.4 is 5.32 Å². The van der Waals surface area contributed by atoms with Gasteiger partial charge in [-0.25, -0.2) is 4.79 Å². The van der Waals surface area contributed by atoms with Gasteiger partial charge in [-0.1, -0.05) is 18.2 Å². The third kappa shape index (κ3) is 5.44. The van der Waals surface area contributed by atoms with Crippen molar-refractivity contribution in [2.24, 2.45) is 0 Å². The van der Waals surface area contributed by atoms with Gasteiger partial charge in [0.25, 0.3) is 0 Å². The Morgan fingerprint density at radius 3 is 2.64 bits per heavy atom. The molecule has 2 saturated heterocycles. The molecule has 182 valence electrons. The van der Waals surface area contributed by atoms with Crippen LogP contribution in [-0.2, 0) is 19.0 Å². The Morgan fingerprint density at radius 1 is 1.24 bits per heavy atom. The highest BCUT2D eigenvalue weighted by atomic mass is 16.6. The van der Waals surface area contributed by atoms with Crippen molar-refractivity contribution in [2.45, 2.75) is 82.1 Å². The molecule has 33 heavy (non-hydrogen) atoms. The van der Waals surface area contributed by atoms with Crippen molar-refractivity contribution in [3.63, 3.8) is 0 Å². The van der Waals surface area contributed by atoms with Crippen molar-refractivity contribution < 1.29 is 28.9 Å². The van der Waals surface area contributed by atoms with E-state index in [0.717, 1.165) is 31.2 Å². The van der Waals surface area contributed by atoms with Gasteiger partial charge in [0.15, 0.2) is 0 Å². The maximum absolute atomic E-state index is 12.9. The van der Waals surface area contributed by atoms with Gasteiger partial charge in [0.05, 0.1) is 30.9 Å². The normalized spacial score (nSPS) is 30.3. The number of aromatic hydroxyl groups is 1. The Morgan fingerprint density at radius 2 is 1.97 bits per heavy atom. The number of nitrogens with one attached hydrogen (secondary N) is 1. The highest BCUT2D eigenvalue weighted by Crippen LogP contribution is 2.39. The lowest BCUT2D eigenvalue weighted by atomic mass is 9.82. The Bertz CT molecular complexity index is 861. The molecule has 0 aromatic heterocycles. The number of phenols is 1. The lowest BCUT2D eigenvalue weighted by Gasteiger charge is -2.41. The first-order chi connectivity index (χ1) is 15.7. The van der Waals surface area contributed by atoms with Gasteiger partial charge in [0.2, 0.25) is 5.91 Å². The number of phenolic OH excluding ortho intramolecular Hbond substituents is 1. The molecule has 2 atom stereocenters. The van der Waals surface area contributed by atoms with Gasteiger partial charge < -0.3 is 29.5 Å². The Hall–Kier alpha value is -2.32. The van der Waals surface area contributed by atoms with Crippen LogP contribution in [0.5, 0.6) is 5.75 Å². The van der Waals surface area contributed by atoms with Crippen LogP contribution in [0, 0.1) is 0 Å². The molecule has 2 N–H and O–H groups in total. The van der Waals surface area contributed by atoms with Crippen molar-refractivity contribution in [1.82, 2.24) is 10.2 Å². The average molecular weight is 461 g/mol. The van der Waals surface area contributed by atoms with Gasteiger partial charge >= 0.3 is 6.09 Å². The topological polar surface area (TPSA) is 97.3 Å². The summed E-state index contributed by atoms with van der Waals surface area (Å²) in [5, 5.41) is 13.3. The second kappa shape index (κ2) is 9.50. The quantitative estimate of drug-likeness (QED) is 0.715. The Labute approximate surface area is 195 Å². The third-order valence-corrected chi connectivity index (χ3v) is 6.96. The molecule has 1 saturated carbocycles. The minimum atomic E-state index is -0.654. The number of rotatable bonds is 4. The summed E-state index contributed by atoms with van der Waals surface area (Å²) >= 11 is 0. The van der Waals surface area contributed by atoms with Crippen molar-refractivity contribution in [3.05, 3.63) is 29.8 Å². The molecule has 0 radical (unpaired) electrons. The van der Waals surface area contributed by atoms with Crippen LogP contribution in [0.1, 0.15) is 64.4 Å². The number of carbonyl (C=O) groups is 2. The zero-order valence-corrected chi connectivity index (χ0v) is 19.8. The number of likely N-dealkylation sites (tertiary alicyclic amines) is 1. The minimum absolute atomic E-state index is 0.0398. The van der Waals surface area contributed by atoms with Crippen molar-refractivity contribution in [1.29, 1.82) is 0 Å². The zero-order chi connectivity index (χ0) is 23.6. The number of ether oxygens (including phenoxy) is 3. The molecular weight excluding hydrogens is 424 g/mol. The fraction of sp³-hybridized carbons (Fsp3) is 0.680. The smallest absolute Gasteiger partial charge is 0.410 e. The standard InChI is InChI=1S/C25H36N2O6/c1-24(2,3)33-23(30)27-13-12-25(16-31-15-22(29)26-25)21(27)14-32-18-10-8-17(9-11-18)19-6-4-5-7-20(19)28/h4-7,17-18,21,28H,8-16H2,1-3H3,(H,26,29)/t17?,18?,21-,25+/m0/s1. The van der Waals surface area contributed by atoms with E-state index >= 15 is 0 Å². The third-order valence-electron chi connectivity index (χ3n) is 6.96. The SMILES string of the molecule is CC(C)(C)OC(=O)N1CC[C@@]2(COCC(=O)N2)[C@@H]1COC1CCC(c2ccccc2O)CC1. The Kier molecular flexibility index (Phi) is 6.86. The van der Waals surface area contributed by atoms with Crippen molar-refractivity contribution in [3.8, 4) is 5.75 Å². The maximum atomic E-state index is 12.9. The number of amides is 2. The minimum Gasteiger partial charge on any atom is -0.508 e. The van der Waals surface area contributed by atoms with Gasteiger partial charge in [-0.05, 0) is 70.4 Å². The molecule has 1 aromatic rings. The van der Waals surface area contributed by atoms with Crippen molar-refractivity contribution >= 4 is 12.0 Å². The molecule has 2 amide bonds. The van der Waals surface area contributed by atoms with Gasteiger partial charge in [0, 0.05) is 6.54 Å². The fourth-order valence-corrected chi connectivity index (χ4v) is 5.32. The molecule has 0 unspecified atom stereocenters. The molecule has 2 heterocycles. The molecule has 1 aliphatic carbocycles. The molecule has 1 aromatic carbocycles. The molecule has 1 spiro atoms. The van der Waals surface area contributed by atoms with Crippen LogP contribution in [0.4, 0.5) is 4.79 Å². The molecule has 3 aliphatic rings. The second-order valence-corrected chi connectivity index (χ2v) is 10.5. The highest BCUT2D eigenvalue weighted by molar-refractivity contribution is 5.79. The summed E-state index contributed by atoms with van der Waals surface area (Å²) in [4.78, 5) is 26.8. The van der Waals surface area contributed by atoms with E-state index in [1.807, 2.05) is 39.0 Å².